The summed E-state index contributed by atoms with van der Waals surface area (Å²) in [5, 5.41) is 7.85. The number of rotatable bonds is 9. The molecule has 2 N–H and O–H groups in total. The summed E-state index contributed by atoms with van der Waals surface area (Å²) in [6.07, 6.45) is 1.79. The van der Waals surface area contributed by atoms with Crippen LogP contribution in [0.25, 0.3) is 16.9 Å². The van der Waals surface area contributed by atoms with Gasteiger partial charge in [0, 0.05) is 11.8 Å². The molecule has 0 fully saturated rings. The van der Waals surface area contributed by atoms with Crippen molar-refractivity contribution in [3.63, 3.8) is 0 Å². The Labute approximate surface area is 184 Å². The molecule has 2 aromatic carbocycles. The van der Waals surface area contributed by atoms with Crippen molar-refractivity contribution in [3.8, 4) is 22.7 Å². The van der Waals surface area contributed by atoms with Crippen LogP contribution in [0, 0.1) is 0 Å². The van der Waals surface area contributed by atoms with Crippen LogP contribution in [0.4, 0.5) is 0 Å². The van der Waals surface area contributed by atoms with Gasteiger partial charge >= 0.3 is 0 Å². The maximum absolute atomic E-state index is 13.2. The molecule has 3 aromatic rings. The molecule has 0 bridgehead atoms. The van der Waals surface area contributed by atoms with Crippen molar-refractivity contribution in [2.75, 3.05) is 20.2 Å². The maximum atomic E-state index is 13.2. The smallest absolute Gasteiger partial charge is 0.255 e. The zero-order valence-corrected chi connectivity index (χ0v) is 19.1. The molecule has 1 amide bonds. The lowest BCUT2D eigenvalue weighted by atomic mass is 10.1. The number of methoxy groups -OCH3 is 1. The topological polar surface area (TPSA) is 60.6 Å². The first-order valence-corrected chi connectivity index (χ1v) is 10.8. The number of amides is 1. The van der Waals surface area contributed by atoms with Gasteiger partial charge in [0.05, 0.1) is 43.5 Å². The van der Waals surface area contributed by atoms with E-state index in [0.29, 0.717) is 35.6 Å². The summed E-state index contributed by atoms with van der Waals surface area (Å²) >= 11 is 0. The van der Waals surface area contributed by atoms with E-state index in [4.69, 9.17) is 9.84 Å². The van der Waals surface area contributed by atoms with E-state index in [2.05, 4.69) is 33.0 Å². The van der Waals surface area contributed by atoms with Crippen molar-refractivity contribution in [1.29, 1.82) is 0 Å². The molecule has 0 radical (unpaired) electrons. The van der Waals surface area contributed by atoms with Crippen LogP contribution in [0.3, 0.4) is 0 Å². The molecule has 164 valence electrons. The van der Waals surface area contributed by atoms with Crippen LogP contribution in [0.1, 0.15) is 38.1 Å². The highest BCUT2D eigenvalue weighted by Gasteiger charge is 2.22. The maximum Gasteiger partial charge on any atom is 0.255 e. The molecule has 0 atom stereocenters. The van der Waals surface area contributed by atoms with Crippen LogP contribution >= 0.6 is 0 Å². The number of hydrogen-bond acceptors (Lipinski definition) is 3. The molecular formula is C25H33N4O2+. The molecule has 31 heavy (non-hydrogen) atoms. The van der Waals surface area contributed by atoms with Crippen molar-refractivity contribution in [2.45, 2.75) is 39.8 Å². The summed E-state index contributed by atoms with van der Waals surface area (Å²) in [6, 6.07) is 18.4. The Morgan fingerprint density at radius 1 is 1.03 bits per heavy atom. The standard InChI is InChI=1S/C25H32N4O2/c1-18(2)28(19(3)4)16-15-26-25(30)22-17-29(20-11-7-6-8-12-20)27-24(22)21-13-9-10-14-23(21)31-5/h6-14,17-19H,15-16H2,1-5H3,(H,26,30)/p+1. The average Bonchev–Trinajstić information content (AvgIpc) is 3.22. The molecular weight excluding hydrogens is 388 g/mol. The lowest BCUT2D eigenvalue weighted by Crippen LogP contribution is -3.18. The second kappa shape index (κ2) is 10.3. The summed E-state index contributed by atoms with van der Waals surface area (Å²) in [5.74, 6) is 0.556. The Morgan fingerprint density at radius 2 is 1.68 bits per heavy atom. The molecule has 1 heterocycles. The Balaban J connectivity index is 1.91. The lowest BCUT2D eigenvalue weighted by Gasteiger charge is -2.27. The number of hydrogen-bond donors (Lipinski definition) is 2. The normalized spacial score (nSPS) is 11.4. The van der Waals surface area contributed by atoms with Gasteiger partial charge in [0.1, 0.15) is 11.4 Å². The van der Waals surface area contributed by atoms with Crippen molar-refractivity contribution < 1.29 is 14.4 Å². The van der Waals surface area contributed by atoms with Crippen molar-refractivity contribution in [1.82, 2.24) is 15.1 Å². The van der Waals surface area contributed by atoms with Crippen LogP contribution in [0.2, 0.25) is 0 Å². The Bertz CT molecular complexity index is 988. The molecule has 0 spiro atoms. The second-order valence-corrected chi connectivity index (χ2v) is 8.26. The van der Waals surface area contributed by atoms with E-state index in [1.165, 1.54) is 4.90 Å². The molecule has 6 nitrogen and oxygen atoms in total. The highest BCUT2D eigenvalue weighted by molar-refractivity contribution is 6.00. The van der Waals surface area contributed by atoms with Gasteiger partial charge in [-0.25, -0.2) is 4.68 Å². The largest absolute Gasteiger partial charge is 0.496 e. The molecule has 1 aromatic heterocycles. The predicted molar refractivity (Wildman–Crippen MR) is 124 cm³/mol. The highest BCUT2D eigenvalue weighted by atomic mass is 16.5. The zero-order chi connectivity index (χ0) is 22.4. The van der Waals surface area contributed by atoms with Gasteiger partial charge in [-0.3, -0.25) is 4.79 Å². The number of carbonyl (C=O) groups excluding carboxylic acids is 1. The monoisotopic (exact) mass is 421 g/mol. The molecule has 0 aliphatic heterocycles. The third-order valence-corrected chi connectivity index (χ3v) is 5.52. The molecule has 0 aliphatic rings. The van der Waals surface area contributed by atoms with Crippen LogP contribution in [-0.4, -0.2) is 48.0 Å². The van der Waals surface area contributed by atoms with E-state index in [-0.39, 0.29) is 5.91 Å². The number of quaternary nitrogens is 1. The first-order valence-electron chi connectivity index (χ1n) is 10.8. The lowest BCUT2D eigenvalue weighted by molar-refractivity contribution is -0.941. The van der Waals surface area contributed by atoms with Gasteiger partial charge in [0.25, 0.3) is 5.91 Å². The third kappa shape index (κ3) is 5.33. The van der Waals surface area contributed by atoms with E-state index in [0.717, 1.165) is 17.8 Å². The molecule has 0 saturated heterocycles. The number of nitrogens with one attached hydrogen (secondary N) is 2. The van der Waals surface area contributed by atoms with Gasteiger partial charge in [-0.1, -0.05) is 30.3 Å². The Hall–Kier alpha value is -3.12. The third-order valence-electron chi connectivity index (χ3n) is 5.52. The SMILES string of the molecule is COc1ccccc1-c1nn(-c2ccccc2)cc1C(=O)NCC[NH+](C(C)C)C(C)C. The fourth-order valence-electron chi connectivity index (χ4n) is 3.95. The van der Waals surface area contributed by atoms with Crippen LogP contribution in [0.15, 0.2) is 60.8 Å². The molecule has 0 aliphatic carbocycles. The minimum atomic E-state index is -0.130. The van der Waals surface area contributed by atoms with Gasteiger partial charge in [-0.15, -0.1) is 0 Å². The van der Waals surface area contributed by atoms with Crippen LogP contribution in [-0.2, 0) is 0 Å². The van der Waals surface area contributed by atoms with Crippen LogP contribution < -0.4 is 15.0 Å². The number of nitrogens with zero attached hydrogens (tertiary/aromatic N) is 2. The average molecular weight is 422 g/mol. The zero-order valence-electron chi connectivity index (χ0n) is 19.1. The van der Waals surface area contributed by atoms with Gasteiger partial charge in [-0.2, -0.15) is 5.10 Å². The second-order valence-electron chi connectivity index (χ2n) is 8.26. The fourth-order valence-corrected chi connectivity index (χ4v) is 3.95. The summed E-state index contributed by atoms with van der Waals surface area (Å²) in [7, 11) is 1.63. The number of carbonyl (C=O) groups is 1. The summed E-state index contributed by atoms with van der Waals surface area (Å²) in [6.45, 7) is 10.3. The van der Waals surface area contributed by atoms with E-state index in [1.54, 1.807) is 18.0 Å². The number of benzene rings is 2. The minimum absolute atomic E-state index is 0.130. The van der Waals surface area contributed by atoms with Gasteiger partial charge < -0.3 is 15.0 Å². The van der Waals surface area contributed by atoms with Crippen LogP contribution in [0.5, 0.6) is 5.75 Å². The van der Waals surface area contributed by atoms with Crippen molar-refractivity contribution in [3.05, 3.63) is 66.4 Å². The fraction of sp³-hybridized carbons (Fsp3) is 0.360. The van der Waals surface area contributed by atoms with Gasteiger partial charge in [0.15, 0.2) is 0 Å². The Kier molecular flexibility index (Phi) is 7.47. The van der Waals surface area contributed by atoms with Crippen molar-refractivity contribution >= 4 is 5.91 Å². The molecule has 3 rings (SSSR count). The first kappa shape index (κ1) is 22.6. The quantitative estimate of drug-likeness (QED) is 0.558. The van der Waals surface area contributed by atoms with E-state index >= 15 is 0 Å². The first-order chi connectivity index (χ1) is 14.9. The van der Waals surface area contributed by atoms with Crippen molar-refractivity contribution in [2.24, 2.45) is 0 Å². The molecule has 6 heteroatoms. The van der Waals surface area contributed by atoms with Gasteiger partial charge in [0.2, 0.25) is 0 Å². The summed E-state index contributed by atoms with van der Waals surface area (Å²) in [4.78, 5) is 14.7. The van der Waals surface area contributed by atoms with E-state index < -0.39 is 0 Å². The summed E-state index contributed by atoms with van der Waals surface area (Å²) in [5.41, 5.74) is 2.83. The number of para-hydroxylation sites is 2. The summed E-state index contributed by atoms with van der Waals surface area (Å²) < 4.78 is 7.28. The predicted octanol–water partition coefficient (Wildman–Crippen LogP) is 2.98. The number of ether oxygens (including phenoxy) is 1. The minimum Gasteiger partial charge on any atom is -0.496 e. The molecule has 0 unspecified atom stereocenters. The highest BCUT2D eigenvalue weighted by Crippen LogP contribution is 2.31. The Morgan fingerprint density at radius 3 is 2.32 bits per heavy atom. The van der Waals surface area contributed by atoms with E-state index in [1.807, 2.05) is 54.6 Å². The van der Waals surface area contributed by atoms with Gasteiger partial charge in [-0.05, 0) is 52.0 Å². The van der Waals surface area contributed by atoms with E-state index in [9.17, 15) is 4.79 Å². The number of aromatic nitrogens is 2. The molecule has 0 saturated carbocycles.